The highest BCUT2D eigenvalue weighted by atomic mass is 32.2. The van der Waals surface area contributed by atoms with E-state index in [0.29, 0.717) is 29.5 Å². The van der Waals surface area contributed by atoms with Crippen LogP contribution in [0.2, 0.25) is 0 Å². The maximum absolute atomic E-state index is 11.5. The van der Waals surface area contributed by atoms with E-state index in [9.17, 15) is 8.42 Å². The first-order valence-electron chi connectivity index (χ1n) is 7.14. The number of hydrogen-bond donors (Lipinski definition) is 1. The smallest absolute Gasteiger partial charge is 0.150 e. The van der Waals surface area contributed by atoms with Crippen molar-refractivity contribution in [3.8, 4) is 0 Å². The Bertz CT molecular complexity index is 353. The fourth-order valence-corrected chi connectivity index (χ4v) is 4.62. The Balaban J connectivity index is 1.86. The van der Waals surface area contributed by atoms with E-state index in [1.54, 1.807) is 0 Å². The average molecular weight is 274 g/mol. The van der Waals surface area contributed by atoms with Crippen LogP contribution in [0.5, 0.6) is 0 Å². The molecule has 0 spiro atoms. The van der Waals surface area contributed by atoms with Crippen LogP contribution < -0.4 is 5.32 Å². The van der Waals surface area contributed by atoms with Gasteiger partial charge in [0.15, 0.2) is 0 Å². The van der Waals surface area contributed by atoms with E-state index in [1.165, 1.54) is 6.42 Å². The molecule has 106 valence electrons. The van der Waals surface area contributed by atoms with Gasteiger partial charge in [-0.15, -0.1) is 0 Å². The fraction of sp³-hybridized carbons (Fsp3) is 1.00. The van der Waals surface area contributed by atoms with E-state index < -0.39 is 9.84 Å². The maximum Gasteiger partial charge on any atom is 0.150 e. The predicted molar refractivity (Wildman–Crippen MR) is 74.5 cm³/mol. The molecule has 2 heterocycles. The van der Waals surface area contributed by atoms with Crippen molar-refractivity contribution in [2.24, 2.45) is 5.92 Å². The third-order valence-electron chi connectivity index (χ3n) is 4.08. The molecule has 5 heteroatoms. The zero-order valence-corrected chi connectivity index (χ0v) is 12.4. The van der Waals surface area contributed by atoms with Crippen molar-refractivity contribution in [1.82, 2.24) is 10.2 Å². The molecule has 4 nitrogen and oxygen atoms in total. The number of sulfone groups is 1. The lowest BCUT2D eigenvalue weighted by Crippen LogP contribution is -2.55. The van der Waals surface area contributed by atoms with Crippen molar-refractivity contribution in [2.45, 2.75) is 45.2 Å². The molecule has 1 unspecified atom stereocenters. The molecule has 2 fully saturated rings. The molecule has 0 amide bonds. The number of rotatable bonds is 3. The highest BCUT2D eigenvalue weighted by Crippen LogP contribution is 2.20. The topological polar surface area (TPSA) is 49.4 Å². The van der Waals surface area contributed by atoms with Crippen LogP contribution in [0.4, 0.5) is 0 Å². The standard InChI is InChI=1S/C13H26N2O2S/c1-11(2)9-12-10-15(6-5-14-12)13-3-7-18(16,17)8-4-13/h11-14H,3-10H2,1-2H3. The quantitative estimate of drug-likeness (QED) is 0.830. The molecular weight excluding hydrogens is 248 g/mol. The first-order valence-corrected chi connectivity index (χ1v) is 8.96. The number of piperazine rings is 1. The van der Waals surface area contributed by atoms with E-state index in [2.05, 4.69) is 24.1 Å². The summed E-state index contributed by atoms with van der Waals surface area (Å²) in [5.74, 6) is 1.49. The van der Waals surface area contributed by atoms with Crippen LogP contribution in [-0.4, -0.2) is 56.5 Å². The average Bonchev–Trinajstić information content (AvgIpc) is 2.28. The first kappa shape index (κ1) is 14.3. The van der Waals surface area contributed by atoms with Crippen LogP contribution in [0.15, 0.2) is 0 Å². The second kappa shape index (κ2) is 5.88. The van der Waals surface area contributed by atoms with E-state index in [1.807, 2.05) is 0 Å². The number of nitrogens with one attached hydrogen (secondary N) is 1. The Morgan fingerprint density at radius 3 is 2.56 bits per heavy atom. The van der Waals surface area contributed by atoms with Crippen molar-refractivity contribution in [3.63, 3.8) is 0 Å². The Morgan fingerprint density at radius 2 is 1.94 bits per heavy atom. The molecule has 0 aromatic heterocycles. The second-order valence-electron chi connectivity index (χ2n) is 6.16. The fourth-order valence-electron chi connectivity index (χ4n) is 3.15. The van der Waals surface area contributed by atoms with Gasteiger partial charge in [-0.05, 0) is 25.2 Å². The molecule has 2 rings (SSSR count). The SMILES string of the molecule is CC(C)CC1CN(C2CCS(=O)(=O)CC2)CCN1. The molecule has 2 aliphatic rings. The minimum absolute atomic E-state index is 0.385. The summed E-state index contributed by atoms with van der Waals surface area (Å²) < 4.78 is 22.9. The van der Waals surface area contributed by atoms with Gasteiger partial charge < -0.3 is 5.32 Å². The van der Waals surface area contributed by atoms with Gasteiger partial charge in [0.2, 0.25) is 0 Å². The normalized spacial score (nSPS) is 30.7. The third-order valence-corrected chi connectivity index (χ3v) is 5.80. The second-order valence-corrected chi connectivity index (χ2v) is 8.46. The van der Waals surface area contributed by atoms with Crippen LogP contribution in [0.1, 0.15) is 33.1 Å². The highest BCUT2D eigenvalue weighted by molar-refractivity contribution is 7.91. The van der Waals surface area contributed by atoms with Gasteiger partial charge in [-0.2, -0.15) is 0 Å². The maximum atomic E-state index is 11.5. The number of nitrogens with zero attached hydrogens (tertiary/aromatic N) is 1. The Hall–Kier alpha value is -0.130. The largest absolute Gasteiger partial charge is 0.311 e. The molecule has 1 N–H and O–H groups in total. The summed E-state index contributed by atoms with van der Waals surface area (Å²) in [7, 11) is -2.73. The Kier molecular flexibility index (Phi) is 4.67. The summed E-state index contributed by atoms with van der Waals surface area (Å²) in [6, 6.07) is 1.07. The monoisotopic (exact) mass is 274 g/mol. The predicted octanol–water partition coefficient (Wildman–Crippen LogP) is 0.884. The molecule has 2 aliphatic heterocycles. The summed E-state index contributed by atoms with van der Waals surface area (Å²) >= 11 is 0. The molecule has 0 aromatic rings. The minimum atomic E-state index is -2.73. The zero-order valence-electron chi connectivity index (χ0n) is 11.6. The molecule has 0 bridgehead atoms. The van der Waals surface area contributed by atoms with E-state index in [4.69, 9.17) is 0 Å². The van der Waals surface area contributed by atoms with Gasteiger partial charge in [0.05, 0.1) is 11.5 Å². The van der Waals surface area contributed by atoms with Gasteiger partial charge in [0, 0.05) is 31.7 Å². The van der Waals surface area contributed by atoms with Gasteiger partial charge in [-0.25, -0.2) is 8.42 Å². The van der Waals surface area contributed by atoms with Crippen molar-refractivity contribution in [2.75, 3.05) is 31.1 Å². The Labute approximate surface area is 111 Å². The van der Waals surface area contributed by atoms with Gasteiger partial charge in [0.25, 0.3) is 0 Å². The van der Waals surface area contributed by atoms with Crippen molar-refractivity contribution >= 4 is 9.84 Å². The van der Waals surface area contributed by atoms with Crippen molar-refractivity contribution in [3.05, 3.63) is 0 Å². The van der Waals surface area contributed by atoms with Crippen LogP contribution >= 0.6 is 0 Å². The molecule has 0 saturated carbocycles. The van der Waals surface area contributed by atoms with Gasteiger partial charge in [0.1, 0.15) is 9.84 Å². The summed E-state index contributed by atoms with van der Waals surface area (Å²) in [5, 5.41) is 3.58. The van der Waals surface area contributed by atoms with Gasteiger partial charge in [-0.1, -0.05) is 13.8 Å². The van der Waals surface area contributed by atoms with Crippen molar-refractivity contribution < 1.29 is 8.42 Å². The lowest BCUT2D eigenvalue weighted by molar-refractivity contribution is 0.127. The number of hydrogen-bond acceptors (Lipinski definition) is 4. The molecule has 0 aliphatic carbocycles. The lowest BCUT2D eigenvalue weighted by Gasteiger charge is -2.40. The summed E-state index contributed by atoms with van der Waals surface area (Å²) in [6.45, 7) is 7.71. The highest BCUT2D eigenvalue weighted by Gasteiger charge is 2.30. The van der Waals surface area contributed by atoms with E-state index in [-0.39, 0.29) is 0 Å². The molecule has 18 heavy (non-hydrogen) atoms. The Morgan fingerprint density at radius 1 is 1.28 bits per heavy atom. The summed E-state index contributed by atoms with van der Waals surface area (Å²) in [4.78, 5) is 2.51. The van der Waals surface area contributed by atoms with E-state index >= 15 is 0 Å². The van der Waals surface area contributed by atoms with Gasteiger partial charge in [-0.3, -0.25) is 4.90 Å². The molecule has 0 aromatic carbocycles. The van der Waals surface area contributed by atoms with Crippen LogP contribution in [-0.2, 0) is 9.84 Å². The van der Waals surface area contributed by atoms with Crippen LogP contribution in [0.3, 0.4) is 0 Å². The van der Waals surface area contributed by atoms with Gasteiger partial charge >= 0.3 is 0 Å². The third kappa shape index (κ3) is 3.93. The minimum Gasteiger partial charge on any atom is -0.311 e. The zero-order chi connectivity index (χ0) is 13.2. The summed E-state index contributed by atoms with van der Waals surface area (Å²) in [6.07, 6.45) is 2.87. The van der Waals surface area contributed by atoms with Crippen LogP contribution in [0, 0.1) is 5.92 Å². The van der Waals surface area contributed by atoms with Crippen LogP contribution in [0.25, 0.3) is 0 Å². The summed E-state index contributed by atoms with van der Waals surface area (Å²) in [5.41, 5.74) is 0. The van der Waals surface area contributed by atoms with E-state index in [0.717, 1.165) is 32.5 Å². The van der Waals surface area contributed by atoms with Crippen molar-refractivity contribution in [1.29, 1.82) is 0 Å². The lowest BCUT2D eigenvalue weighted by atomic mass is 10.00. The molecule has 2 saturated heterocycles. The molecule has 0 radical (unpaired) electrons. The first-order chi connectivity index (χ1) is 8.46. The molecular formula is C13H26N2O2S. The molecule has 1 atom stereocenters.